The van der Waals surface area contributed by atoms with E-state index in [4.69, 9.17) is 18.9 Å². The van der Waals surface area contributed by atoms with Crippen LogP contribution in [-0.2, 0) is 23.7 Å². The van der Waals surface area contributed by atoms with Gasteiger partial charge in [0.2, 0.25) is 5.91 Å². The molecule has 0 radical (unpaired) electrons. The van der Waals surface area contributed by atoms with E-state index >= 15 is 0 Å². The van der Waals surface area contributed by atoms with Gasteiger partial charge in [0.25, 0.3) is 0 Å². The first-order valence-corrected chi connectivity index (χ1v) is 29.8. The highest BCUT2D eigenvalue weighted by Gasteiger charge is 2.51. The molecule has 438 valence electrons. The van der Waals surface area contributed by atoms with Crippen LogP contribution in [0, 0.1) is 0 Å². The van der Waals surface area contributed by atoms with Crippen molar-refractivity contribution in [3.63, 3.8) is 0 Å². The molecule has 14 heteroatoms. The van der Waals surface area contributed by atoms with Crippen molar-refractivity contribution in [2.45, 2.75) is 280 Å². The van der Waals surface area contributed by atoms with Crippen LogP contribution in [0.2, 0.25) is 0 Å². The molecule has 9 N–H and O–H groups in total. The van der Waals surface area contributed by atoms with E-state index in [0.29, 0.717) is 6.42 Å². The highest BCUT2D eigenvalue weighted by molar-refractivity contribution is 5.76. The largest absolute Gasteiger partial charge is 0.394 e. The fourth-order valence-electron chi connectivity index (χ4n) is 9.29. The van der Waals surface area contributed by atoms with Crippen molar-refractivity contribution >= 4 is 5.91 Å². The number of allylic oxidation sites excluding steroid dienone is 13. The van der Waals surface area contributed by atoms with Gasteiger partial charge in [-0.2, -0.15) is 0 Å². The topological polar surface area (TPSA) is 228 Å². The summed E-state index contributed by atoms with van der Waals surface area (Å²) in [4.78, 5) is 13.2. The summed E-state index contributed by atoms with van der Waals surface area (Å²) in [5.41, 5.74) is 0. The van der Waals surface area contributed by atoms with Crippen LogP contribution in [0.25, 0.3) is 0 Å². The Bertz CT molecular complexity index is 1600. The average Bonchev–Trinajstić information content (AvgIpc) is 3.42. The van der Waals surface area contributed by atoms with Crippen LogP contribution in [0.4, 0.5) is 0 Å². The Balaban J connectivity index is 1.81. The Hall–Kier alpha value is -2.83. The quantitative estimate of drug-likeness (QED) is 0.0205. The highest BCUT2D eigenvalue weighted by Crippen LogP contribution is 2.30. The third kappa shape index (κ3) is 32.3. The van der Waals surface area contributed by atoms with Crippen molar-refractivity contribution in [2.75, 3.05) is 19.8 Å². The van der Waals surface area contributed by atoms with Crippen molar-refractivity contribution in [3.8, 4) is 0 Å². The smallest absolute Gasteiger partial charge is 0.220 e. The van der Waals surface area contributed by atoms with E-state index in [2.05, 4.69) is 92.1 Å². The monoisotopic (exact) mass is 1070 g/mol. The molecule has 12 unspecified atom stereocenters. The van der Waals surface area contributed by atoms with Gasteiger partial charge in [0.1, 0.15) is 48.8 Å². The van der Waals surface area contributed by atoms with E-state index in [1.165, 1.54) is 109 Å². The maximum atomic E-state index is 13.2. The number of rotatable bonds is 46. The Morgan fingerprint density at radius 1 is 0.487 bits per heavy atom. The number of amides is 1. The minimum atomic E-state index is -1.80. The Morgan fingerprint density at radius 2 is 0.908 bits per heavy atom. The lowest BCUT2D eigenvalue weighted by Crippen LogP contribution is -2.65. The van der Waals surface area contributed by atoms with E-state index in [-0.39, 0.29) is 18.9 Å². The summed E-state index contributed by atoms with van der Waals surface area (Å²) in [5.74, 6) is -0.283. The molecule has 2 saturated heterocycles. The lowest BCUT2D eigenvalue weighted by molar-refractivity contribution is -0.359. The van der Waals surface area contributed by atoms with E-state index < -0.39 is 86.8 Å². The molecule has 0 spiro atoms. The molecule has 1 amide bonds. The number of aliphatic hydroxyl groups excluding tert-OH is 8. The number of nitrogens with one attached hydrogen (secondary N) is 1. The minimum Gasteiger partial charge on any atom is -0.394 e. The van der Waals surface area contributed by atoms with Crippen LogP contribution < -0.4 is 5.32 Å². The molecule has 14 nitrogen and oxygen atoms in total. The predicted molar refractivity (Wildman–Crippen MR) is 304 cm³/mol. The van der Waals surface area contributed by atoms with Gasteiger partial charge in [0.15, 0.2) is 12.6 Å². The van der Waals surface area contributed by atoms with Crippen LogP contribution in [0.1, 0.15) is 206 Å². The van der Waals surface area contributed by atoms with Gasteiger partial charge in [0, 0.05) is 6.42 Å². The Labute approximate surface area is 459 Å². The SMILES string of the molecule is CC/C=C\C/C=C\C/C=C\C/C=C\C/C=C\C/C=C\CCCCC(=O)NC(COC1OC(CO)C(OC2OC(CO)C(O)C(O)C2O)C(O)C1O)C(O)/C=C/CCCCCCCCCCCCCCCCCCCCC. The molecule has 2 fully saturated rings. The molecule has 2 rings (SSSR count). The molecule has 0 aromatic rings. The third-order valence-corrected chi connectivity index (χ3v) is 14.1. The van der Waals surface area contributed by atoms with Crippen molar-refractivity contribution in [1.82, 2.24) is 5.32 Å². The Morgan fingerprint density at radius 3 is 1.39 bits per heavy atom. The Kier molecular flexibility index (Phi) is 42.9. The second kappa shape index (κ2) is 47.0. The van der Waals surface area contributed by atoms with Crippen molar-refractivity contribution in [1.29, 1.82) is 0 Å². The predicted octanol–water partition coefficient (Wildman–Crippen LogP) is 10.1. The zero-order valence-electron chi connectivity index (χ0n) is 47.0. The molecule has 0 aliphatic carbocycles. The molecule has 2 aliphatic heterocycles. The summed E-state index contributed by atoms with van der Waals surface area (Å²) < 4.78 is 22.8. The third-order valence-electron chi connectivity index (χ3n) is 14.1. The summed E-state index contributed by atoms with van der Waals surface area (Å²) in [6.07, 6.45) is 46.2. The van der Waals surface area contributed by atoms with Crippen molar-refractivity contribution in [3.05, 3.63) is 85.1 Å². The van der Waals surface area contributed by atoms with Crippen LogP contribution in [0.15, 0.2) is 85.1 Å². The van der Waals surface area contributed by atoms with Crippen molar-refractivity contribution < 1.29 is 64.6 Å². The molecule has 2 heterocycles. The van der Waals surface area contributed by atoms with Gasteiger partial charge < -0.3 is 65.1 Å². The van der Waals surface area contributed by atoms with Crippen LogP contribution >= 0.6 is 0 Å². The number of carbonyl (C=O) groups is 1. The van der Waals surface area contributed by atoms with Gasteiger partial charge in [-0.25, -0.2) is 0 Å². The second-order valence-corrected chi connectivity index (χ2v) is 20.7. The molecule has 0 saturated carbocycles. The van der Waals surface area contributed by atoms with Gasteiger partial charge >= 0.3 is 0 Å². The zero-order valence-corrected chi connectivity index (χ0v) is 47.0. The summed E-state index contributed by atoms with van der Waals surface area (Å²) >= 11 is 0. The molecule has 0 bridgehead atoms. The second-order valence-electron chi connectivity index (χ2n) is 20.7. The zero-order chi connectivity index (χ0) is 55.3. The van der Waals surface area contributed by atoms with Crippen LogP contribution in [0.3, 0.4) is 0 Å². The van der Waals surface area contributed by atoms with E-state index in [1.54, 1.807) is 6.08 Å². The maximum Gasteiger partial charge on any atom is 0.220 e. The molecule has 0 aromatic heterocycles. The van der Waals surface area contributed by atoms with Crippen LogP contribution in [-0.4, -0.2) is 140 Å². The summed E-state index contributed by atoms with van der Waals surface area (Å²) in [7, 11) is 0. The number of unbranched alkanes of at least 4 members (excludes halogenated alkanes) is 21. The van der Waals surface area contributed by atoms with Gasteiger partial charge in [0.05, 0.1) is 32.0 Å². The number of ether oxygens (including phenoxy) is 4. The number of hydrogen-bond acceptors (Lipinski definition) is 13. The number of hydrogen-bond donors (Lipinski definition) is 9. The molecular weight excluding hydrogens is 967 g/mol. The number of aliphatic hydroxyl groups is 8. The van der Waals surface area contributed by atoms with E-state index in [1.807, 2.05) is 6.08 Å². The molecule has 0 aromatic carbocycles. The molecule has 76 heavy (non-hydrogen) atoms. The molecular formula is C62H107NO13. The first-order valence-electron chi connectivity index (χ1n) is 29.8. The lowest BCUT2D eigenvalue weighted by atomic mass is 9.97. The van der Waals surface area contributed by atoms with Gasteiger partial charge in [-0.1, -0.05) is 214 Å². The average molecular weight is 1070 g/mol. The number of carbonyl (C=O) groups excluding carboxylic acids is 1. The first kappa shape index (κ1) is 69.3. The van der Waals surface area contributed by atoms with E-state index in [0.717, 1.165) is 70.6 Å². The van der Waals surface area contributed by atoms with Crippen LogP contribution in [0.5, 0.6) is 0 Å². The van der Waals surface area contributed by atoms with Gasteiger partial charge in [-0.3, -0.25) is 4.79 Å². The fourth-order valence-corrected chi connectivity index (χ4v) is 9.29. The highest BCUT2D eigenvalue weighted by atomic mass is 16.7. The summed E-state index contributed by atoms with van der Waals surface area (Å²) in [6.45, 7) is 2.65. The summed E-state index contributed by atoms with van der Waals surface area (Å²) in [6, 6.07) is -0.944. The fraction of sp³-hybridized carbons (Fsp3) is 0.758. The minimum absolute atomic E-state index is 0.222. The van der Waals surface area contributed by atoms with Gasteiger partial charge in [-0.15, -0.1) is 0 Å². The standard InChI is InChI=1S/C62H107NO13/c1-3-5-7-9-11-13-15-17-19-21-23-25-27-29-31-33-35-37-39-41-43-45-51(66)50(49-73-61-59(72)57(70)60(53(48-65)75-61)76-62-58(71)56(69)55(68)52(47-64)74-62)63-54(67)46-44-42-40-38-36-34-32-30-28-26-24-22-20-18-16-14-12-10-8-6-4-2/h6,8,12,14,18,20,24,26,30,32,36,38,43,45,50-53,55-62,64-66,68-72H,3-5,7,9-11,13,15-17,19,21-23,25,27-29,31,33-35,37,39-42,44,46-49H2,1-2H3,(H,63,67)/b8-6-,14-12-,20-18-,26-24-,32-30-,38-36-,45-43+. The summed E-state index contributed by atoms with van der Waals surface area (Å²) in [5, 5.41) is 87.1. The maximum absolute atomic E-state index is 13.2. The van der Waals surface area contributed by atoms with E-state index in [9.17, 15) is 45.6 Å². The molecule has 2 aliphatic rings. The van der Waals surface area contributed by atoms with Crippen molar-refractivity contribution in [2.24, 2.45) is 0 Å². The normalized spacial score (nSPS) is 25.5. The lowest BCUT2D eigenvalue weighted by Gasteiger charge is -2.46. The van der Waals surface area contributed by atoms with Gasteiger partial charge in [-0.05, 0) is 70.6 Å². The molecule has 12 atom stereocenters. The first-order chi connectivity index (χ1) is 37.1.